The fourth-order valence-corrected chi connectivity index (χ4v) is 3.95. The molecule has 2 aliphatic heterocycles. The Morgan fingerprint density at radius 1 is 1.20 bits per heavy atom. The number of carbonyl (C=O) groups excluding carboxylic acids is 1. The van der Waals surface area contributed by atoms with E-state index in [4.69, 9.17) is 9.73 Å². The molecule has 0 aromatic heterocycles. The summed E-state index contributed by atoms with van der Waals surface area (Å²) in [6, 6.07) is 1.02. The maximum absolute atomic E-state index is 12.2. The molecular formula is C22H44IN5O2. The van der Waals surface area contributed by atoms with Gasteiger partial charge >= 0.3 is 6.09 Å². The Balaban J connectivity index is 0.00000450. The molecule has 0 radical (unpaired) electrons. The number of nitrogens with zero attached hydrogens (tertiary/aromatic N) is 3. The molecule has 8 heteroatoms. The van der Waals surface area contributed by atoms with Crippen LogP contribution in [0.2, 0.25) is 0 Å². The highest BCUT2D eigenvalue weighted by molar-refractivity contribution is 14.0. The molecule has 176 valence electrons. The summed E-state index contributed by atoms with van der Waals surface area (Å²) in [5.74, 6) is 2.04. The number of guanidine groups is 1. The van der Waals surface area contributed by atoms with Gasteiger partial charge in [-0.1, -0.05) is 6.92 Å². The summed E-state index contributed by atoms with van der Waals surface area (Å²) in [5, 5.41) is 7.06. The van der Waals surface area contributed by atoms with Gasteiger partial charge in [-0.15, -0.1) is 24.0 Å². The normalized spacial score (nSPS) is 24.0. The number of rotatable bonds is 5. The van der Waals surface area contributed by atoms with Crippen molar-refractivity contribution in [2.45, 2.75) is 79.0 Å². The Hall–Kier alpha value is -0.770. The maximum atomic E-state index is 12.2. The number of piperidine rings is 1. The molecule has 1 amide bonds. The first-order valence-corrected chi connectivity index (χ1v) is 11.4. The van der Waals surface area contributed by atoms with Gasteiger partial charge in [0.2, 0.25) is 0 Å². The van der Waals surface area contributed by atoms with Gasteiger partial charge in [-0.25, -0.2) is 4.79 Å². The topological polar surface area (TPSA) is 69.2 Å². The second-order valence-electron chi connectivity index (χ2n) is 9.91. The van der Waals surface area contributed by atoms with E-state index in [0.29, 0.717) is 23.9 Å². The third-order valence-electron chi connectivity index (χ3n) is 5.81. The highest BCUT2D eigenvalue weighted by atomic mass is 127. The highest BCUT2D eigenvalue weighted by Gasteiger charge is 2.31. The minimum absolute atomic E-state index is 0. The lowest BCUT2D eigenvalue weighted by Crippen LogP contribution is -2.47. The Kier molecular flexibility index (Phi) is 11.2. The molecule has 2 saturated heterocycles. The summed E-state index contributed by atoms with van der Waals surface area (Å²) in [4.78, 5) is 21.5. The van der Waals surface area contributed by atoms with Crippen molar-refractivity contribution in [2.75, 3.05) is 39.3 Å². The van der Waals surface area contributed by atoms with E-state index in [0.717, 1.165) is 58.1 Å². The Labute approximate surface area is 200 Å². The molecule has 2 unspecified atom stereocenters. The summed E-state index contributed by atoms with van der Waals surface area (Å²) in [5.41, 5.74) is -0.437. The lowest BCUT2D eigenvalue weighted by molar-refractivity contribution is 0.0187. The largest absolute Gasteiger partial charge is 0.444 e. The number of ether oxygens (including phenoxy) is 1. The molecule has 0 spiro atoms. The van der Waals surface area contributed by atoms with Crippen LogP contribution in [0.4, 0.5) is 4.79 Å². The van der Waals surface area contributed by atoms with Gasteiger partial charge < -0.3 is 20.3 Å². The van der Waals surface area contributed by atoms with Crippen molar-refractivity contribution in [1.29, 1.82) is 0 Å². The fourth-order valence-electron chi connectivity index (χ4n) is 3.95. The molecule has 2 heterocycles. The standard InChI is InChI=1S/C22H43N5O2.HI/c1-8-23-20(25-19-15-27(16(2)3)14-17(19)4)24-13-18-9-11-26(12-10-18)21(28)29-22(5,6)7;/h16-19H,8-15H2,1-7H3,(H2,23,24,25);1H. The molecule has 2 rings (SSSR count). The van der Waals surface area contributed by atoms with E-state index in [-0.39, 0.29) is 30.1 Å². The third kappa shape index (κ3) is 8.77. The number of nitrogens with one attached hydrogen (secondary N) is 2. The second kappa shape index (κ2) is 12.3. The lowest BCUT2D eigenvalue weighted by Gasteiger charge is -2.33. The fraction of sp³-hybridized carbons (Fsp3) is 0.909. The highest BCUT2D eigenvalue weighted by Crippen LogP contribution is 2.21. The molecule has 0 aliphatic carbocycles. The molecule has 7 nitrogen and oxygen atoms in total. The average Bonchev–Trinajstić information content (AvgIpc) is 3.00. The van der Waals surface area contributed by atoms with Crippen molar-refractivity contribution in [3.8, 4) is 0 Å². The van der Waals surface area contributed by atoms with E-state index in [1.807, 2.05) is 25.7 Å². The van der Waals surface area contributed by atoms with Crippen molar-refractivity contribution >= 4 is 36.0 Å². The molecule has 2 aliphatic rings. The van der Waals surface area contributed by atoms with Crippen LogP contribution in [-0.2, 0) is 4.74 Å². The number of halogens is 1. The number of hydrogen-bond acceptors (Lipinski definition) is 4. The van der Waals surface area contributed by atoms with Gasteiger partial charge in [0.15, 0.2) is 5.96 Å². The first-order valence-electron chi connectivity index (χ1n) is 11.4. The molecule has 2 atom stereocenters. The van der Waals surface area contributed by atoms with E-state index < -0.39 is 5.60 Å². The van der Waals surface area contributed by atoms with E-state index in [1.165, 1.54) is 0 Å². The Morgan fingerprint density at radius 2 is 1.83 bits per heavy atom. The van der Waals surface area contributed by atoms with Crippen LogP contribution < -0.4 is 10.6 Å². The summed E-state index contributed by atoms with van der Waals surface area (Å²) < 4.78 is 5.49. The Morgan fingerprint density at radius 3 is 2.33 bits per heavy atom. The van der Waals surface area contributed by atoms with Crippen molar-refractivity contribution in [3.63, 3.8) is 0 Å². The van der Waals surface area contributed by atoms with Crippen LogP contribution in [0.3, 0.4) is 0 Å². The zero-order valence-corrected chi connectivity index (χ0v) is 22.4. The van der Waals surface area contributed by atoms with Crippen LogP contribution in [0.15, 0.2) is 4.99 Å². The van der Waals surface area contributed by atoms with Crippen LogP contribution in [0.5, 0.6) is 0 Å². The summed E-state index contributed by atoms with van der Waals surface area (Å²) in [6.07, 6.45) is 1.76. The Bertz CT molecular complexity index is 556. The number of hydrogen-bond donors (Lipinski definition) is 2. The summed E-state index contributed by atoms with van der Waals surface area (Å²) in [6.45, 7) is 20.0. The van der Waals surface area contributed by atoms with E-state index >= 15 is 0 Å². The zero-order chi connectivity index (χ0) is 21.6. The molecule has 2 fully saturated rings. The van der Waals surface area contributed by atoms with Crippen molar-refractivity contribution in [2.24, 2.45) is 16.8 Å². The molecule has 2 N–H and O–H groups in total. The predicted octanol–water partition coefficient (Wildman–Crippen LogP) is 3.54. The predicted molar refractivity (Wildman–Crippen MR) is 135 cm³/mol. The molecule has 0 bridgehead atoms. The number of carbonyl (C=O) groups is 1. The molecular weight excluding hydrogens is 493 g/mol. The van der Waals surface area contributed by atoms with Crippen molar-refractivity contribution < 1.29 is 9.53 Å². The van der Waals surface area contributed by atoms with Crippen LogP contribution in [0.1, 0.15) is 61.3 Å². The van der Waals surface area contributed by atoms with Gasteiger partial charge in [-0.05, 0) is 66.2 Å². The SMILES string of the molecule is CCNC(=NCC1CCN(C(=O)OC(C)(C)C)CC1)NC1CN(C(C)C)CC1C.I. The van der Waals surface area contributed by atoms with Gasteiger partial charge in [-0.3, -0.25) is 9.89 Å². The van der Waals surface area contributed by atoms with Crippen LogP contribution >= 0.6 is 24.0 Å². The quantitative estimate of drug-likeness (QED) is 0.319. The first kappa shape index (κ1) is 27.3. The van der Waals surface area contributed by atoms with E-state index in [9.17, 15) is 4.79 Å². The number of likely N-dealkylation sites (tertiary alicyclic amines) is 2. The van der Waals surface area contributed by atoms with Crippen LogP contribution in [0, 0.1) is 11.8 Å². The summed E-state index contributed by atoms with van der Waals surface area (Å²) >= 11 is 0. The third-order valence-corrected chi connectivity index (χ3v) is 5.81. The van der Waals surface area contributed by atoms with Crippen LogP contribution in [-0.4, -0.2) is 78.8 Å². The molecule has 0 aromatic carbocycles. The van der Waals surface area contributed by atoms with E-state index in [1.54, 1.807) is 0 Å². The van der Waals surface area contributed by atoms with E-state index in [2.05, 4.69) is 43.2 Å². The first-order chi connectivity index (χ1) is 13.6. The van der Waals surface area contributed by atoms with Gasteiger partial charge in [0.05, 0.1) is 0 Å². The zero-order valence-electron chi connectivity index (χ0n) is 20.0. The van der Waals surface area contributed by atoms with Gasteiger partial charge in [0, 0.05) is 51.4 Å². The minimum Gasteiger partial charge on any atom is -0.444 e. The molecule has 0 aromatic rings. The maximum Gasteiger partial charge on any atom is 0.410 e. The minimum atomic E-state index is -0.437. The number of aliphatic imine (C=N–C) groups is 1. The second-order valence-corrected chi connectivity index (χ2v) is 9.91. The van der Waals surface area contributed by atoms with Gasteiger partial charge in [0.25, 0.3) is 0 Å². The molecule has 0 saturated carbocycles. The average molecular weight is 538 g/mol. The van der Waals surface area contributed by atoms with Crippen LogP contribution in [0.25, 0.3) is 0 Å². The lowest BCUT2D eigenvalue weighted by atomic mass is 9.97. The monoisotopic (exact) mass is 537 g/mol. The van der Waals surface area contributed by atoms with Gasteiger partial charge in [0.1, 0.15) is 5.60 Å². The summed E-state index contributed by atoms with van der Waals surface area (Å²) in [7, 11) is 0. The van der Waals surface area contributed by atoms with Gasteiger partial charge in [-0.2, -0.15) is 0 Å². The molecule has 30 heavy (non-hydrogen) atoms. The smallest absolute Gasteiger partial charge is 0.410 e. The van der Waals surface area contributed by atoms with Crippen molar-refractivity contribution in [3.05, 3.63) is 0 Å². The number of amides is 1. The van der Waals surface area contributed by atoms with Crippen molar-refractivity contribution in [1.82, 2.24) is 20.4 Å².